The number of nitrogens with one attached hydrogen (secondary N) is 1. The van der Waals surface area contributed by atoms with Gasteiger partial charge in [-0.3, -0.25) is 10.1 Å². The van der Waals surface area contributed by atoms with Crippen molar-refractivity contribution in [2.45, 2.75) is 13.8 Å². The number of hydrogen-bond donors (Lipinski definition) is 2. The highest BCUT2D eigenvalue weighted by molar-refractivity contribution is 7.16. The lowest BCUT2D eigenvalue weighted by molar-refractivity contribution is -0.131. The second kappa shape index (κ2) is 6.32. The minimum Gasteiger partial charge on any atom is -0.478 e. The topological polar surface area (TPSA) is 79.3 Å². The van der Waals surface area contributed by atoms with E-state index >= 15 is 0 Å². The van der Waals surface area contributed by atoms with Crippen LogP contribution in [-0.2, 0) is 4.79 Å². The van der Waals surface area contributed by atoms with Gasteiger partial charge in [-0.2, -0.15) is 0 Å². The number of aromatic nitrogens is 1. The van der Waals surface area contributed by atoms with Gasteiger partial charge in [0.2, 0.25) is 0 Å². The molecule has 108 valence electrons. The van der Waals surface area contributed by atoms with Gasteiger partial charge < -0.3 is 5.11 Å². The Morgan fingerprint density at radius 1 is 1.29 bits per heavy atom. The number of carboxylic acids is 1. The Bertz CT molecular complexity index is 719. The lowest BCUT2D eigenvalue weighted by Crippen LogP contribution is -2.11. The molecule has 6 heteroatoms. The molecule has 0 aliphatic heterocycles. The van der Waals surface area contributed by atoms with Gasteiger partial charge in [0, 0.05) is 22.7 Å². The summed E-state index contributed by atoms with van der Waals surface area (Å²) in [6.07, 6.45) is 3.98. The molecule has 21 heavy (non-hydrogen) atoms. The summed E-state index contributed by atoms with van der Waals surface area (Å²) in [7, 11) is 0. The van der Waals surface area contributed by atoms with E-state index in [1.807, 2.05) is 26.0 Å². The average molecular weight is 302 g/mol. The molecule has 0 atom stereocenters. The fraction of sp³-hybridized carbons (Fsp3) is 0.133. The van der Waals surface area contributed by atoms with E-state index < -0.39 is 5.97 Å². The van der Waals surface area contributed by atoms with Gasteiger partial charge in [-0.1, -0.05) is 17.4 Å². The molecule has 0 unspecified atom stereocenters. The third-order valence-electron chi connectivity index (χ3n) is 2.90. The van der Waals surface area contributed by atoms with Gasteiger partial charge in [-0.15, -0.1) is 0 Å². The Hall–Kier alpha value is -2.47. The Kier molecular flexibility index (Phi) is 4.49. The fourth-order valence-corrected chi connectivity index (χ4v) is 2.34. The highest BCUT2D eigenvalue weighted by Gasteiger charge is 2.09. The summed E-state index contributed by atoms with van der Waals surface area (Å²) >= 11 is 1.21. The molecule has 2 aromatic rings. The molecule has 1 aromatic carbocycles. The summed E-state index contributed by atoms with van der Waals surface area (Å²) in [5, 5.41) is 11.7. The number of hydrogen-bond acceptors (Lipinski definition) is 4. The molecule has 0 fully saturated rings. The van der Waals surface area contributed by atoms with E-state index in [-0.39, 0.29) is 5.91 Å². The number of carboxylic acid groups (broad SMARTS) is 1. The number of amides is 1. The molecule has 0 saturated carbocycles. The number of thiazole rings is 1. The summed E-state index contributed by atoms with van der Waals surface area (Å²) in [5.41, 5.74) is 2.74. The summed E-state index contributed by atoms with van der Waals surface area (Å²) < 4.78 is 0. The van der Waals surface area contributed by atoms with Crippen LogP contribution in [0.3, 0.4) is 0 Å². The van der Waals surface area contributed by atoms with E-state index in [0.29, 0.717) is 15.6 Å². The largest absolute Gasteiger partial charge is 0.478 e. The zero-order valence-electron chi connectivity index (χ0n) is 11.6. The molecule has 1 heterocycles. The second-order valence-corrected chi connectivity index (χ2v) is 5.55. The number of aryl methyl sites for hydroxylation is 2. The molecule has 0 aliphatic carbocycles. The Balaban J connectivity index is 2.09. The monoisotopic (exact) mass is 302 g/mol. The van der Waals surface area contributed by atoms with Crippen LogP contribution >= 0.6 is 11.3 Å². The predicted octanol–water partition coefficient (Wildman–Crippen LogP) is 3.11. The van der Waals surface area contributed by atoms with Gasteiger partial charge in [0.25, 0.3) is 5.91 Å². The number of carbonyl (C=O) groups excluding carboxylic acids is 1. The van der Waals surface area contributed by atoms with Crippen molar-refractivity contribution in [1.29, 1.82) is 0 Å². The van der Waals surface area contributed by atoms with Crippen molar-refractivity contribution < 1.29 is 14.7 Å². The predicted molar refractivity (Wildman–Crippen MR) is 82.7 cm³/mol. The molecule has 0 radical (unpaired) electrons. The van der Waals surface area contributed by atoms with E-state index in [0.717, 1.165) is 17.2 Å². The first kappa shape index (κ1) is 14.9. The molecular formula is C15H14N2O3S. The Morgan fingerprint density at radius 3 is 2.71 bits per heavy atom. The first-order valence-corrected chi connectivity index (χ1v) is 7.03. The zero-order chi connectivity index (χ0) is 15.4. The van der Waals surface area contributed by atoms with Crippen LogP contribution in [0.15, 0.2) is 30.5 Å². The van der Waals surface area contributed by atoms with Crippen molar-refractivity contribution in [3.8, 4) is 0 Å². The molecule has 0 saturated heterocycles. The lowest BCUT2D eigenvalue weighted by Gasteiger charge is -2.04. The van der Waals surface area contributed by atoms with Crippen LogP contribution < -0.4 is 5.32 Å². The maximum atomic E-state index is 12.1. The minimum atomic E-state index is -1.02. The lowest BCUT2D eigenvalue weighted by atomic mass is 10.1. The van der Waals surface area contributed by atoms with Crippen molar-refractivity contribution in [3.05, 3.63) is 52.0 Å². The van der Waals surface area contributed by atoms with Crippen LogP contribution in [0.2, 0.25) is 0 Å². The van der Waals surface area contributed by atoms with Gasteiger partial charge in [0.15, 0.2) is 5.13 Å². The molecule has 1 aromatic heterocycles. The molecule has 0 spiro atoms. The molecule has 5 nitrogen and oxygen atoms in total. The fourth-order valence-electron chi connectivity index (χ4n) is 1.63. The SMILES string of the molecule is Cc1ccc(C(=O)Nc2ncc(C=CC(=O)O)s2)cc1C. The van der Waals surface area contributed by atoms with E-state index in [1.54, 1.807) is 6.07 Å². The highest BCUT2D eigenvalue weighted by atomic mass is 32.1. The molecule has 2 N–H and O–H groups in total. The van der Waals surface area contributed by atoms with Crippen LogP contribution in [0.1, 0.15) is 26.4 Å². The van der Waals surface area contributed by atoms with Gasteiger partial charge in [0.05, 0.1) is 0 Å². The van der Waals surface area contributed by atoms with Crippen LogP contribution in [0.4, 0.5) is 5.13 Å². The average Bonchev–Trinajstić information content (AvgIpc) is 2.87. The summed E-state index contributed by atoms with van der Waals surface area (Å²) in [6.45, 7) is 3.93. The quantitative estimate of drug-likeness (QED) is 0.850. The summed E-state index contributed by atoms with van der Waals surface area (Å²) in [5.74, 6) is -1.26. The molecule has 0 aliphatic rings. The number of aliphatic carboxylic acids is 1. The summed E-state index contributed by atoms with van der Waals surface area (Å²) in [6, 6.07) is 5.48. The van der Waals surface area contributed by atoms with Crippen molar-refractivity contribution >= 4 is 34.4 Å². The summed E-state index contributed by atoms with van der Waals surface area (Å²) in [4.78, 5) is 27.2. The Morgan fingerprint density at radius 2 is 2.05 bits per heavy atom. The maximum Gasteiger partial charge on any atom is 0.328 e. The molecule has 0 bridgehead atoms. The number of benzene rings is 1. The van der Waals surface area contributed by atoms with Crippen molar-refractivity contribution in [1.82, 2.24) is 4.98 Å². The zero-order valence-corrected chi connectivity index (χ0v) is 12.4. The smallest absolute Gasteiger partial charge is 0.328 e. The van der Waals surface area contributed by atoms with Gasteiger partial charge in [0.1, 0.15) is 0 Å². The first-order valence-electron chi connectivity index (χ1n) is 6.21. The van der Waals surface area contributed by atoms with E-state index in [2.05, 4.69) is 10.3 Å². The van der Waals surface area contributed by atoms with Crippen LogP contribution in [0.5, 0.6) is 0 Å². The van der Waals surface area contributed by atoms with Gasteiger partial charge >= 0.3 is 5.97 Å². The molecular weight excluding hydrogens is 288 g/mol. The maximum absolute atomic E-state index is 12.1. The normalized spacial score (nSPS) is 10.8. The minimum absolute atomic E-state index is 0.235. The van der Waals surface area contributed by atoms with E-state index in [9.17, 15) is 9.59 Å². The van der Waals surface area contributed by atoms with Crippen molar-refractivity contribution in [2.24, 2.45) is 0 Å². The van der Waals surface area contributed by atoms with Crippen LogP contribution in [0, 0.1) is 13.8 Å². The third kappa shape index (κ3) is 4.00. The van der Waals surface area contributed by atoms with Gasteiger partial charge in [-0.25, -0.2) is 9.78 Å². The highest BCUT2D eigenvalue weighted by Crippen LogP contribution is 2.20. The number of carbonyl (C=O) groups is 2. The number of nitrogens with zero attached hydrogens (tertiary/aromatic N) is 1. The van der Waals surface area contributed by atoms with E-state index in [1.165, 1.54) is 23.6 Å². The molecule has 2 rings (SSSR count). The van der Waals surface area contributed by atoms with E-state index in [4.69, 9.17) is 5.11 Å². The second-order valence-electron chi connectivity index (χ2n) is 4.49. The standard InChI is InChI=1S/C15H14N2O3S/c1-9-3-4-11(7-10(9)2)14(20)17-15-16-8-12(21-15)5-6-13(18)19/h3-8H,1-2H3,(H,18,19)(H,16,17,20). The van der Waals surface area contributed by atoms with Gasteiger partial charge in [-0.05, 0) is 43.2 Å². The Labute approximate surface area is 126 Å². The van der Waals surface area contributed by atoms with Crippen molar-refractivity contribution in [3.63, 3.8) is 0 Å². The number of rotatable bonds is 4. The van der Waals surface area contributed by atoms with Crippen molar-refractivity contribution in [2.75, 3.05) is 5.32 Å². The first-order chi connectivity index (χ1) is 9.95. The number of anilines is 1. The molecule has 1 amide bonds. The third-order valence-corrected chi connectivity index (χ3v) is 3.78. The van der Waals surface area contributed by atoms with Crippen LogP contribution in [-0.4, -0.2) is 22.0 Å². The van der Waals surface area contributed by atoms with Crippen LogP contribution in [0.25, 0.3) is 6.08 Å².